The highest BCUT2D eigenvalue weighted by Gasteiger charge is 2.59. The van der Waals surface area contributed by atoms with E-state index in [1.54, 1.807) is 29.2 Å². The summed E-state index contributed by atoms with van der Waals surface area (Å²) in [5, 5.41) is 2.68. The van der Waals surface area contributed by atoms with Crippen LogP contribution in [0.5, 0.6) is 0 Å². The summed E-state index contributed by atoms with van der Waals surface area (Å²) in [7, 11) is 0. The maximum absolute atomic E-state index is 12.7. The van der Waals surface area contributed by atoms with Crippen molar-refractivity contribution in [2.45, 2.75) is 25.4 Å². The molecule has 0 aromatic heterocycles. The molecule has 7 nitrogen and oxygen atoms in total. The molecule has 13 heteroatoms. The summed E-state index contributed by atoms with van der Waals surface area (Å²) in [4.78, 5) is 9.26. The van der Waals surface area contributed by atoms with E-state index in [9.17, 15) is 26.3 Å². The molecule has 0 saturated carbocycles. The second-order valence-electron chi connectivity index (χ2n) is 6.47. The minimum Gasteiger partial charge on any atom is -0.442 e. The number of benzene rings is 1. The molecular formula is C18H21F6N5O2. The monoisotopic (exact) mass is 453 g/mol. The van der Waals surface area contributed by atoms with Gasteiger partial charge in [0.15, 0.2) is 0 Å². The first-order valence-electron chi connectivity index (χ1n) is 8.94. The Balaban J connectivity index is 2.30. The van der Waals surface area contributed by atoms with E-state index in [-0.39, 0.29) is 5.82 Å². The Hall–Kier alpha value is -2.96. The van der Waals surface area contributed by atoms with Crippen molar-refractivity contribution >= 4 is 17.7 Å². The first-order valence-corrected chi connectivity index (χ1v) is 8.94. The number of nitrogens with one attached hydrogen (secondary N) is 1. The average Bonchev–Trinajstić information content (AvgIpc) is 2.67. The normalized spacial score (nSPS) is 16.5. The summed E-state index contributed by atoms with van der Waals surface area (Å²) >= 11 is 0. The van der Waals surface area contributed by atoms with Gasteiger partial charge in [-0.05, 0) is 19.1 Å². The highest BCUT2D eigenvalue weighted by atomic mass is 19.4. The Kier molecular flexibility index (Phi) is 7.76. The van der Waals surface area contributed by atoms with Crippen LogP contribution < -0.4 is 11.1 Å². The van der Waals surface area contributed by atoms with E-state index in [4.69, 9.17) is 10.5 Å². The van der Waals surface area contributed by atoms with Crippen molar-refractivity contribution in [1.82, 2.24) is 4.90 Å². The number of aliphatic imine (C=N–C) groups is 2. The molecular weight excluding hydrogens is 432 g/mol. The fourth-order valence-electron chi connectivity index (χ4n) is 2.43. The molecule has 2 rings (SSSR count). The molecule has 1 saturated heterocycles. The molecule has 0 amide bonds. The van der Waals surface area contributed by atoms with Crippen LogP contribution in [-0.4, -0.2) is 61.6 Å². The fraction of sp³-hybridized carbons (Fsp3) is 0.444. The minimum absolute atomic E-state index is 0.164. The Morgan fingerprint density at radius 2 is 1.65 bits per heavy atom. The third-order valence-corrected chi connectivity index (χ3v) is 3.97. The lowest BCUT2D eigenvalue weighted by Crippen LogP contribution is -2.47. The van der Waals surface area contributed by atoms with Crippen LogP contribution in [0.4, 0.5) is 32.0 Å². The molecule has 0 radical (unpaired) electrons. The lowest BCUT2D eigenvalue weighted by atomic mass is 10.2. The van der Waals surface area contributed by atoms with Crippen molar-refractivity contribution in [1.29, 1.82) is 0 Å². The third-order valence-electron chi connectivity index (χ3n) is 3.97. The number of hydrogen-bond acceptors (Lipinski definition) is 4. The molecule has 0 bridgehead atoms. The zero-order valence-electron chi connectivity index (χ0n) is 16.4. The molecule has 0 atom stereocenters. The number of amidine groups is 1. The summed E-state index contributed by atoms with van der Waals surface area (Å²) in [6, 6.07) is 5.31. The van der Waals surface area contributed by atoms with Gasteiger partial charge in [-0.2, -0.15) is 36.3 Å². The van der Waals surface area contributed by atoms with Crippen LogP contribution in [0, 0.1) is 6.92 Å². The SMILES string of the molecule is C=C(N=C(N=C(N)OC(C(F)(F)F)C(F)(F)F)Nc1ccc(C)cc1)N1CCOCC1. The van der Waals surface area contributed by atoms with Crippen LogP contribution >= 0.6 is 0 Å². The number of nitrogens with two attached hydrogens (primary N) is 1. The van der Waals surface area contributed by atoms with Crippen molar-refractivity contribution in [2.24, 2.45) is 15.7 Å². The summed E-state index contributed by atoms with van der Waals surface area (Å²) in [6.45, 7) is 7.28. The van der Waals surface area contributed by atoms with Gasteiger partial charge >= 0.3 is 12.4 Å². The van der Waals surface area contributed by atoms with E-state index in [0.717, 1.165) is 5.56 Å². The predicted octanol–water partition coefficient (Wildman–Crippen LogP) is 3.39. The summed E-state index contributed by atoms with van der Waals surface area (Å²) in [5.41, 5.74) is 6.58. The van der Waals surface area contributed by atoms with E-state index in [0.29, 0.717) is 32.0 Å². The molecule has 0 spiro atoms. The highest BCUT2D eigenvalue weighted by molar-refractivity contribution is 6.00. The van der Waals surface area contributed by atoms with Crippen LogP contribution in [-0.2, 0) is 9.47 Å². The fourth-order valence-corrected chi connectivity index (χ4v) is 2.43. The molecule has 3 N–H and O–H groups in total. The molecule has 1 aliphatic rings. The van der Waals surface area contributed by atoms with Gasteiger partial charge in [-0.25, -0.2) is 0 Å². The number of anilines is 1. The highest BCUT2D eigenvalue weighted by Crippen LogP contribution is 2.35. The molecule has 1 fully saturated rings. The number of hydrogen-bond donors (Lipinski definition) is 2. The van der Waals surface area contributed by atoms with Crippen LogP contribution in [0.25, 0.3) is 0 Å². The lowest BCUT2D eigenvalue weighted by Gasteiger charge is -2.28. The van der Waals surface area contributed by atoms with Gasteiger partial charge < -0.3 is 25.4 Å². The van der Waals surface area contributed by atoms with Gasteiger partial charge in [-0.1, -0.05) is 24.3 Å². The van der Waals surface area contributed by atoms with Gasteiger partial charge in [-0.3, -0.25) is 0 Å². The van der Waals surface area contributed by atoms with Crippen LogP contribution in [0.2, 0.25) is 0 Å². The molecule has 31 heavy (non-hydrogen) atoms. The molecule has 1 aromatic rings. The molecule has 172 valence electrons. The van der Waals surface area contributed by atoms with Crippen LogP contribution in [0.15, 0.2) is 46.7 Å². The van der Waals surface area contributed by atoms with Crippen molar-refractivity contribution in [3.63, 3.8) is 0 Å². The second-order valence-corrected chi connectivity index (χ2v) is 6.47. The number of morpholine rings is 1. The molecule has 0 unspecified atom stereocenters. The maximum atomic E-state index is 12.7. The van der Waals surface area contributed by atoms with Gasteiger partial charge in [0, 0.05) is 18.8 Å². The van der Waals surface area contributed by atoms with Gasteiger partial charge in [0.1, 0.15) is 5.82 Å². The number of guanidine groups is 1. The predicted molar refractivity (Wildman–Crippen MR) is 102 cm³/mol. The number of aryl methyl sites for hydroxylation is 1. The molecule has 1 aromatic carbocycles. The molecule has 0 aliphatic carbocycles. The van der Waals surface area contributed by atoms with E-state index in [1.165, 1.54) is 0 Å². The summed E-state index contributed by atoms with van der Waals surface area (Å²) in [6.07, 6.45) is -15.6. The van der Waals surface area contributed by atoms with Gasteiger partial charge in [0.05, 0.1) is 13.2 Å². The molecule has 1 heterocycles. The lowest BCUT2D eigenvalue weighted by molar-refractivity contribution is -0.303. The number of alkyl halides is 6. The van der Waals surface area contributed by atoms with Gasteiger partial charge in [0.25, 0.3) is 12.1 Å². The first-order chi connectivity index (χ1) is 14.4. The molecule has 1 aliphatic heterocycles. The summed E-state index contributed by atoms with van der Waals surface area (Å²) in [5.74, 6) is -0.237. The Morgan fingerprint density at radius 1 is 1.10 bits per heavy atom. The zero-order valence-corrected chi connectivity index (χ0v) is 16.4. The number of rotatable bonds is 4. The number of halogens is 6. The third kappa shape index (κ3) is 7.66. The van der Waals surface area contributed by atoms with Crippen molar-refractivity contribution in [3.8, 4) is 0 Å². The summed E-state index contributed by atoms with van der Waals surface area (Å²) < 4.78 is 85.4. The largest absolute Gasteiger partial charge is 0.442 e. The van der Waals surface area contributed by atoms with Crippen molar-refractivity contribution in [3.05, 3.63) is 42.2 Å². The maximum Gasteiger partial charge on any atom is 0.434 e. The smallest absolute Gasteiger partial charge is 0.434 e. The Labute approximate surface area is 174 Å². The van der Waals surface area contributed by atoms with E-state index < -0.39 is 30.4 Å². The number of nitrogens with zero attached hydrogens (tertiary/aromatic N) is 3. The van der Waals surface area contributed by atoms with Gasteiger partial charge in [-0.15, -0.1) is 0 Å². The van der Waals surface area contributed by atoms with Crippen molar-refractivity contribution < 1.29 is 35.8 Å². The average molecular weight is 453 g/mol. The Bertz CT molecular complexity index is 800. The first kappa shape index (κ1) is 24.3. The van der Waals surface area contributed by atoms with Gasteiger partial charge in [0.2, 0.25) is 5.96 Å². The topological polar surface area (TPSA) is 84.5 Å². The van der Waals surface area contributed by atoms with E-state index in [2.05, 4.69) is 26.6 Å². The zero-order chi connectivity index (χ0) is 23.2. The van der Waals surface area contributed by atoms with E-state index in [1.807, 2.05) is 6.92 Å². The standard InChI is InChI=1S/C18H21F6N5O2/c1-11-3-5-13(6-4-11)27-16(26-12(2)29-7-9-30-10-8-29)28-15(25)31-14(17(19,20)21)18(22,23)24/h3-6,14H,2,7-10H2,1H3,(H3,25,26,27,28). The quantitative estimate of drug-likeness (QED) is 0.415. The minimum atomic E-state index is -5.74. The van der Waals surface area contributed by atoms with E-state index >= 15 is 0 Å². The van der Waals surface area contributed by atoms with Crippen molar-refractivity contribution in [2.75, 3.05) is 31.6 Å². The second kappa shape index (κ2) is 9.90. The van der Waals surface area contributed by atoms with Crippen LogP contribution in [0.3, 0.4) is 0 Å². The number of ether oxygens (including phenoxy) is 2. The van der Waals surface area contributed by atoms with Crippen LogP contribution in [0.1, 0.15) is 5.56 Å². The Morgan fingerprint density at radius 3 is 2.16 bits per heavy atom.